The maximum atomic E-state index is 12.1. The molecule has 0 spiro atoms. The molecule has 2 amide bonds. The average molecular weight is 310 g/mol. The molecule has 1 aliphatic rings. The summed E-state index contributed by atoms with van der Waals surface area (Å²) in [5, 5.41) is 2.80. The number of rotatable bonds is 3. The van der Waals surface area contributed by atoms with Crippen LogP contribution in [-0.2, 0) is 9.84 Å². The summed E-state index contributed by atoms with van der Waals surface area (Å²) < 4.78 is 22.9. The van der Waals surface area contributed by atoms with Crippen LogP contribution in [0.5, 0.6) is 0 Å². The van der Waals surface area contributed by atoms with E-state index in [4.69, 9.17) is 0 Å². The van der Waals surface area contributed by atoms with Crippen LogP contribution in [0, 0.1) is 0 Å². The molecule has 1 fully saturated rings. The van der Waals surface area contributed by atoms with Crippen LogP contribution in [0.15, 0.2) is 24.3 Å². The van der Waals surface area contributed by atoms with Crippen molar-refractivity contribution in [1.82, 2.24) is 4.90 Å². The molecule has 0 saturated carbocycles. The molecular weight excluding hydrogens is 288 g/mol. The van der Waals surface area contributed by atoms with Crippen molar-refractivity contribution < 1.29 is 13.2 Å². The minimum Gasteiger partial charge on any atom is -0.324 e. The van der Waals surface area contributed by atoms with E-state index in [1.165, 1.54) is 10.5 Å². The van der Waals surface area contributed by atoms with Crippen LogP contribution in [-0.4, -0.2) is 43.9 Å². The maximum absolute atomic E-state index is 12.1. The van der Waals surface area contributed by atoms with E-state index in [-0.39, 0.29) is 23.6 Å². The molecule has 1 N–H and O–H groups in total. The topological polar surface area (TPSA) is 66.5 Å². The van der Waals surface area contributed by atoms with E-state index < -0.39 is 9.84 Å². The fourth-order valence-electron chi connectivity index (χ4n) is 2.41. The summed E-state index contributed by atoms with van der Waals surface area (Å²) in [5.41, 5.74) is 1.93. The Hall–Kier alpha value is -1.56. The van der Waals surface area contributed by atoms with E-state index in [9.17, 15) is 13.2 Å². The second-order valence-corrected chi connectivity index (χ2v) is 8.10. The van der Waals surface area contributed by atoms with Crippen LogP contribution in [0.1, 0.15) is 31.7 Å². The Morgan fingerprint density at radius 2 is 1.90 bits per heavy atom. The van der Waals surface area contributed by atoms with Gasteiger partial charge >= 0.3 is 6.03 Å². The second-order valence-electron chi connectivity index (χ2n) is 5.87. The molecule has 0 aromatic heterocycles. The number of hydrogen-bond donors (Lipinski definition) is 1. The number of anilines is 1. The zero-order valence-corrected chi connectivity index (χ0v) is 13.5. The van der Waals surface area contributed by atoms with Crippen LogP contribution in [0.3, 0.4) is 0 Å². The van der Waals surface area contributed by atoms with Crippen LogP contribution in [0.2, 0.25) is 0 Å². The van der Waals surface area contributed by atoms with Crippen molar-refractivity contribution in [3.8, 4) is 0 Å². The van der Waals surface area contributed by atoms with E-state index in [0.717, 1.165) is 5.69 Å². The average Bonchev–Trinajstić information content (AvgIpc) is 2.78. The molecule has 21 heavy (non-hydrogen) atoms. The molecule has 0 radical (unpaired) electrons. The number of nitrogens with one attached hydrogen (secondary N) is 1. The zero-order chi connectivity index (χ0) is 15.6. The molecule has 1 atom stereocenters. The predicted octanol–water partition coefficient (Wildman–Crippen LogP) is 2.46. The number of carbonyl (C=O) groups excluding carboxylic acids is 1. The van der Waals surface area contributed by atoms with Gasteiger partial charge in [-0.25, -0.2) is 13.2 Å². The highest BCUT2D eigenvalue weighted by Crippen LogP contribution is 2.19. The van der Waals surface area contributed by atoms with E-state index in [0.29, 0.717) is 12.3 Å². The van der Waals surface area contributed by atoms with E-state index in [2.05, 4.69) is 19.2 Å². The Bertz CT molecular complexity index is 608. The fraction of sp³-hybridized carbons (Fsp3) is 0.533. The van der Waals surface area contributed by atoms with Crippen molar-refractivity contribution in [2.24, 2.45) is 0 Å². The van der Waals surface area contributed by atoms with Crippen molar-refractivity contribution in [2.75, 3.05) is 23.9 Å². The quantitative estimate of drug-likeness (QED) is 0.932. The minimum absolute atomic E-state index is 0.0587. The van der Waals surface area contributed by atoms with Gasteiger partial charge in [0.15, 0.2) is 9.84 Å². The third-order valence-corrected chi connectivity index (χ3v) is 5.66. The third-order valence-electron chi connectivity index (χ3n) is 3.91. The number of benzene rings is 1. The SMILES string of the molecule is CC(C)c1ccc(NC(=O)N(C)C2CCS(=O)(=O)C2)cc1. The van der Waals surface area contributed by atoms with Gasteiger partial charge in [-0.2, -0.15) is 0 Å². The van der Waals surface area contributed by atoms with Crippen LogP contribution >= 0.6 is 0 Å². The number of amides is 2. The summed E-state index contributed by atoms with van der Waals surface area (Å²) >= 11 is 0. The molecule has 1 aliphatic heterocycles. The molecule has 6 heteroatoms. The molecular formula is C15H22N2O3S. The molecule has 1 aromatic carbocycles. The van der Waals surface area contributed by atoms with Crippen molar-refractivity contribution in [2.45, 2.75) is 32.2 Å². The summed E-state index contributed by atoms with van der Waals surface area (Å²) in [6, 6.07) is 7.21. The van der Waals surface area contributed by atoms with Gasteiger partial charge in [0.05, 0.1) is 11.5 Å². The molecule has 5 nitrogen and oxygen atoms in total. The molecule has 0 aliphatic carbocycles. The fourth-order valence-corrected chi connectivity index (χ4v) is 4.18. The third kappa shape index (κ3) is 3.97. The van der Waals surface area contributed by atoms with Gasteiger partial charge in [-0.3, -0.25) is 0 Å². The zero-order valence-electron chi connectivity index (χ0n) is 12.7. The number of urea groups is 1. The van der Waals surface area contributed by atoms with E-state index >= 15 is 0 Å². The summed E-state index contributed by atoms with van der Waals surface area (Å²) in [4.78, 5) is 13.6. The van der Waals surface area contributed by atoms with E-state index in [1.807, 2.05) is 24.3 Å². The highest BCUT2D eigenvalue weighted by molar-refractivity contribution is 7.91. The Balaban J connectivity index is 1.98. The predicted molar refractivity (Wildman–Crippen MR) is 84.4 cm³/mol. The lowest BCUT2D eigenvalue weighted by molar-refractivity contribution is 0.209. The standard InChI is InChI=1S/C15H22N2O3S/c1-11(2)12-4-6-13(7-5-12)16-15(18)17(3)14-8-9-21(19,20)10-14/h4-7,11,14H,8-10H2,1-3H3,(H,16,18). The first-order chi connectivity index (χ1) is 9.78. The number of sulfone groups is 1. The Kier molecular flexibility index (Phi) is 4.56. The largest absolute Gasteiger partial charge is 0.324 e. The summed E-state index contributed by atoms with van der Waals surface area (Å²) in [5.74, 6) is 0.669. The highest BCUT2D eigenvalue weighted by Gasteiger charge is 2.32. The molecule has 0 bridgehead atoms. The van der Waals surface area contributed by atoms with Crippen molar-refractivity contribution in [3.63, 3.8) is 0 Å². The van der Waals surface area contributed by atoms with Gasteiger partial charge in [0.2, 0.25) is 0 Å². The molecule has 2 rings (SSSR count). The number of hydrogen-bond acceptors (Lipinski definition) is 3. The number of carbonyl (C=O) groups is 1. The first kappa shape index (κ1) is 15.8. The maximum Gasteiger partial charge on any atom is 0.321 e. The van der Waals surface area contributed by atoms with Crippen LogP contribution in [0.4, 0.5) is 10.5 Å². The van der Waals surface area contributed by atoms with Gasteiger partial charge in [0.1, 0.15) is 0 Å². The van der Waals surface area contributed by atoms with Crippen LogP contribution in [0.25, 0.3) is 0 Å². The van der Waals surface area contributed by atoms with Gasteiger partial charge < -0.3 is 10.2 Å². The van der Waals surface area contributed by atoms with Gasteiger partial charge in [0.25, 0.3) is 0 Å². The smallest absolute Gasteiger partial charge is 0.321 e. The molecule has 116 valence electrons. The van der Waals surface area contributed by atoms with Crippen LogP contribution < -0.4 is 5.32 Å². The van der Waals surface area contributed by atoms with Crippen molar-refractivity contribution in [1.29, 1.82) is 0 Å². The van der Waals surface area contributed by atoms with Crippen molar-refractivity contribution in [3.05, 3.63) is 29.8 Å². The minimum atomic E-state index is -2.98. The Morgan fingerprint density at radius 3 is 2.38 bits per heavy atom. The van der Waals surface area contributed by atoms with Gasteiger partial charge in [-0.15, -0.1) is 0 Å². The Morgan fingerprint density at radius 1 is 1.29 bits per heavy atom. The molecule has 1 heterocycles. The normalized spacial score (nSPS) is 20.5. The first-order valence-electron chi connectivity index (χ1n) is 7.13. The summed E-state index contributed by atoms with van der Waals surface area (Å²) in [6.45, 7) is 4.23. The Labute approximate surface area is 126 Å². The highest BCUT2D eigenvalue weighted by atomic mass is 32.2. The molecule has 1 saturated heterocycles. The lowest BCUT2D eigenvalue weighted by Gasteiger charge is -2.23. The lowest BCUT2D eigenvalue weighted by Crippen LogP contribution is -2.40. The monoisotopic (exact) mass is 310 g/mol. The first-order valence-corrected chi connectivity index (χ1v) is 8.95. The van der Waals surface area contributed by atoms with Gasteiger partial charge in [-0.1, -0.05) is 26.0 Å². The summed E-state index contributed by atoms with van der Waals surface area (Å²) in [7, 11) is -1.34. The van der Waals surface area contributed by atoms with Gasteiger partial charge in [-0.05, 0) is 30.0 Å². The van der Waals surface area contributed by atoms with Gasteiger partial charge in [0, 0.05) is 18.8 Å². The van der Waals surface area contributed by atoms with E-state index in [1.54, 1.807) is 7.05 Å². The van der Waals surface area contributed by atoms with Crippen molar-refractivity contribution >= 4 is 21.6 Å². The lowest BCUT2D eigenvalue weighted by atomic mass is 10.0. The second kappa shape index (κ2) is 6.05. The summed E-state index contributed by atoms with van der Waals surface area (Å²) in [6.07, 6.45) is 0.512. The molecule has 1 aromatic rings. The number of nitrogens with zero attached hydrogens (tertiary/aromatic N) is 1. The molecule has 1 unspecified atom stereocenters.